The molecule has 1 unspecified atom stereocenters. The molecule has 0 fully saturated rings. The summed E-state index contributed by atoms with van der Waals surface area (Å²) < 4.78 is 5.08. The van der Waals surface area contributed by atoms with Crippen molar-refractivity contribution in [1.82, 2.24) is 10.3 Å². The van der Waals surface area contributed by atoms with E-state index >= 15 is 0 Å². The summed E-state index contributed by atoms with van der Waals surface area (Å²) in [6.45, 7) is 7.17. The minimum Gasteiger partial charge on any atom is -0.385 e. The second kappa shape index (κ2) is 8.88. The van der Waals surface area contributed by atoms with Gasteiger partial charge in [-0.1, -0.05) is 6.92 Å². The number of hydrogen-bond donors (Lipinski definition) is 1. The third kappa shape index (κ3) is 5.57. The largest absolute Gasteiger partial charge is 0.385 e. The highest BCUT2D eigenvalue weighted by Gasteiger charge is 2.08. The van der Waals surface area contributed by atoms with Crippen molar-refractivity contribution in [2.45, 2.75) is 32.7 Å². The van der Waals surface area contributed by atoms with Gasteiger partial charge >= 0.3 is 0 Å². The number of methoxy groups -OCH3 is 1. The Kier molecular flexibility index (Phi) is 7.45. The summed E-state index contributed by atoms with van der Waals surface area (Å²) in [6, 6.07) is 4.62. The maximum Gasteiger partial charge on any atom is 0.128 e. The van der Waals surface area contributed by atoms with Gasteiger partial charge in [0.05, 0.1) is 0 Å². The van der Waals surface area contributed by atoms with Crippen molar-refractivity contribution in [3.8, 4) is 0 Å². The van der Waals surface area contributed by atoms with E-state index in [4.69, 9.17) is 4.74 Å². The van der Waals surface area contributed by atoms with Gasteiger partial charge in [-0.25, -0.2) is 4.98 Å². The maximum atomic E-state index is 5.08. The van der Waals surface area contributed by atoms with Gasteiger partial charge in [0.2, 0.25) is 0 Å². The van der Waals surface area contributed by atoms with Gasteiger partial charge in [-0.05, 0) is 44.0 Å². The first-order valence-electron chi connectivity index (χ1n) is 7.08. The summed E-state index contributed by atoms with van der Waals surface area (Å²) in [7, 11) is 3.81. The molecule has 0 radical (unpaired) electrons. The molecule has 1 rings (SSSR count). The summed E-state index contributed by atoms with van der Waals surface area (Å²) in [5.74, 6) is 1.03. The number of rotatable bonds is 9. The van der Waals surface area contributed by atoms with Crippen LogP contribution in [0.5, 0.6) is 0 Å². The summed E-state index contributed by atoms with van der Waals surface area (Å²) >= 11 is 0. The van der Waals surface area contributed by atoms with E-state index in [1.54, 1.807) is 7.11 Å². The van der Waals surface area contributed by atoms with Crippen molar-refractivity contribution < 1.29 is 4.74 Å². The first kappa shape index (κ1) is 15.9. The molecule has 1 atom stereocenters. The molecule has 4 nitrogen and oxygen atoms in total. The second-order valence-electron chi connectivity index (χ2n) is 4.89. The van der Waals surface area contributed by atoms with Crippen LogP contribution in [-0.4, -0.2) is 38.8 Å². The molecule has 1 N–H and O–H groups in total. The molecule has 0 bridgehead atoms. The molecule has 108 valence electrons. The van der Waals surface area contributed by atoms with Crippen LogP contribution < -0.4 is 10.2 Å². The average Bonchev–Trinajstić information content (AvgIpc) is 2.45. The van der Waals surface area contributed by atoms with Crippen LogP contribution in [0.1, 0.15) is 38.3 Å². The van der Waals surface area contributed by atoms with E-state index in [9.17, 15) is 0 Å². The molecule has 0 saturated carbocycles. The fraction of sp³-hybridized carbons (Fsp3) is 0.667. The first-order chi connectivity index (χ1) is 9.19. The molecule has 0 saturated heterocycles. The third-order valence-corrected chi connectivity index (χ3v) is 3.20. The normalized spacial score (nSPS) is 12.4. The zero-order valence-corrected chi connectivity index (χ0v) is 12.6. The molecular formula is C15H27N3O. The number of nitrogens with zero attached hydrogens (tertiary/aromatic N) is 2. The van der Waals surface area contributed by atoms with E-state index in [1.165, 1.54) is 5.56 Å². The monoisotopic (exact) mass is 265 g/mol. The van der Waals surface area contributed by atoms with Crippen LogP contribution in [-0.2, 0) is 4.74 Å². The van der Waals surface area contributed by atoms with Gasteiger partial charge in [0, 0.05) is 39.5 Å². The van der Waals surface area contributed by atoms with E-state index in [0.29, 0.717) is 6.04 Å². The van der Waals surface area contributed by atoms with Crippen molar-refractivity contribution >= 4 is 5.82 Å². The summed E-state index contributed by atoms with van der Waals surface area (Å²) in [5.41, 5.74) is 1.29. The number of nitrogens with one attached hydrogen (secondary N) is 1. The molecule has 19 heavy (non-hydrogen) atoms. The molecule has 4 heteroatoms. The number of anilines is 1. The predicted molar refractivity (Wildman–Crippen MR) is 80.7 cm³/mol. The molecule has 0 aromatic carbocycles. The molecule has 1 aromatic rings. The summed E-state index contributed by atoms with van der Waals surface area (Å²) in [4.78, 5) is 6.61. The Bertz CT molecular complexity index is 357. The van der Waals surface area contributed by atoms with Crippen LogP contribution in [0.15, 0.2) is 18.3 Å². The van der Waals surface area contributed by atoms with Crippen LogP contribution in [0.4, 0.5) is 5.82 Å². The lowest BCUT2D eigenvalue weighted by molar-refractivity contribution is 0.196. The van der Waals surface area contributed by atoms with Gasteiger partial charge in [-0.15, -0.1) is 0 Å². The number of ether oxygens (including phenoxy) is 1. The molecule has 1 heterocycles. The van der Waals surface area contributed by atoms with Crippen molar-refractivity contribution in [2.24, 2.45) is 0 Å². The van der Waals surface area contributed by atoms with Crippen LogP contribution in [0.3, 0.4) is 0 Å². The van der Waals surface area contributed by atoms with Gasteiger partial charge in [-0.3, -0.25) is 0 Å². The lowest BCUT2D eigenvalue weighted by Crippen LogP contribution is -2.22. The summed E-state index contributed by atoms with van der Waals surface area (Å²) in [5, 5.41) is 3.50. The predicted octanol–water partition coefficient (Wildman–Crippen LogP) is 2.61. The Morgan fingerprint density at radius 3 is 2.95 bits per heavy atom. The highest BCUT2D eigenvalue weighted by atomic mass is 16.5. The smallest absolute Gasteiger partial charge is 0.128 e. The highest BCUT2D eigenvalue weighted by Crippen LogP contribution is 2.17. The second-order valence-corrected chi connectivity index (χ2v) is 4.89. The molecule has 0 aliphatic carbocycles. The fourth-order valence-electron chi connectivity index (χ4n) is 1.95. The van der Waals surface area contributed by atoms with Crippen LogP contribution in [0.2, 0.25) is 0 Å². The van der Waals surface area contributed by atoms with E-state index < -0.39 is 0 Å². The zero-order chi connectivity index (χ0) is 14.1. The Labute approximate surface area is 117 Å². The first-order valence-corrected chi connectivity index (χ1v) is 7.08. The van der Waals surface area contributed by atoms with Crippen molar-refractivity contribution in [2.75, 3.05) is 38.8 Å². The lowest BCUT2D eigenvalue weighted by atomic mass is 10.1. The number of aromatic nitrogens is 1. The molecule has 1 aromatic heterocycles. The van der Waals surface area contributed by atoms with Crippen LogP contribution >= 0.6 is 0 Å². The Morgan fingerprint density at radius 1 is 1.47 bits per heavy atom. The van der Waals surface area contributed by atoms with E-state index in [-0.39, 0.29) is 0 Å². The van der Waals surface area contributed by atoms with Crippen LogP contribution in [0.25, 0.3) is 0 Å². The van der Waals surface area contributed by atoms with E-state index in [2.05, 4.69) is 48.2 Å². The standard InChI is InChI=1S/C15H27N3O/c1-5-8-16-13(2)14-7-9-17-15(12-14)18(3)10-6-11-19-4/h7,9,12-13,16H,5-6,8,10-11H2,1-4H3. The lowest BCUT2D eigenvalue weighted by Gasteiger charge is -2.20. The molecule has 0 spiro atoms. The fourth-order valence-corrected chi connectivity index (χ4v) is 1.95. The minimum atomic E-state index is 0.370. The van der Waals surface area contributed by atoms with Crippen molar-refractivity contribution in [3.63, 3.8) is 0 Å². The summed E-state index contributed by atoms with van der Waals surface area (Å²) in [6.07, 6.45) is 4.06. The van der Waals surface area contributed by atoms with Crippen molar-refractivity contribution in [3.05, 3.63) is 23.9 Å². The average molecular weight is 265 g/mol. The zero-order valence-electron chi connectivity index (χ0n) is 12.6. The Hall–Kier alpha value is -1.13. The van der Waals surface area contributed by atoms with Gasteiger partial charge in [-0.2, -0.15) is 0 Å². The van der Waals surface area contributed by atoms with Crippen molar-refractivity contribution in [1.29, 1.82) is 0 Å². The number of hydrogen-bond acceptors (Lipinski definition) is 4. The van der Waals surface area contributed by atoms with Gasteiger partial charge in [0.25, 0.3) is 0 Å². The molecule has 0 aliphatic rings. The van der Waals surface area contributed by atoms with Gasteiger partial charge in [0.1, 0.15) is 5.82 Å². The third-order valence-electron chi connectivity index (χ3n) is 3.20. The topological polar surface area (TPSA) is 37.4 Å². The van der Waals surface area contributed by atoms with Gasteiger partial charge in [0.15, 0.2) is 0 Å². The highest BCUT2D eigenvalue weighted by molar-refractivity contribution is 5.40. The number of pyridine rings is 1. The molecule has 0 aliphatic heterocycles. The maximum absolute atomic E-state index is 5.08. The minimum absolute atomic E-state index is 0.370. The Morgan fingerprint density at radius 2 is 2.26 bits per heavy atom. The SMILES string of the molecule is CCCNC(C)c1ccnc(N(C)CCCOC)c1. The quantitative estimate of drug-likeness (QED) is 0.696. The van der Waals surface area contributed by atoms with E-state index in [1.807, 2.05) is 6.20 Å². The Balaban J connectivity index is 2.60. The molecule has 0 amide bonds. The molecular weight excluding hydrogens is 238 g/mol. The van der Waals surface area contributed by atoms with E-state index in [0.717, 1.165) is 38.4 Å². The van der Waals surface area contributed by atoms with Crippen LogP contribution in [0, 0.1) is 0 Å². The van der Waals surface area contributed by atoms with Gasteiger partial charge < -0.3 is 15.0 Å².